The van der Waals surface area contributed by atoms with Crippen LogP contribution < -0.4 is 5.73 Å². The van der Waals surface area contributed by atoms with Crippen molar-refractivity contribution in [3.8, 4) is 0 Å². The number of carboxylic acids is 2. The number of hydrogen-bond donors (Lipinski definition) is 3. The van der Waals surface area contributed by atoms with Crippen LogP contribution in [0.4, 0.5) is 5.69 Å². The zero-order chi connectivity index (χ0) is 16.8. The smallest absolute Gasteiger partial charge is 0.335 e. The number of hydrogen-bond acceptors (Lipinski definition) is 5. The largest absolute Gasteiger partial charge is 0.478 e. The molecule has 0 aliphatic rings. The fourth-order valence-electron chi connectivity index (χ4n) is 1.81. The van der Waals surface area contributed by atoms with Crippen LogP contribution in [-0.4, -0.2) is 32.1 Å². The average molecular weight is 311 g/mol. The Morgan fingerprint density at radius 3 is 1.65 bits per heavy atom. The Bertz CT molecular complexity index is 767. The summed E-state index contributed by atoms with van der Waals surface area (Å²) in [5.41, 5.74) is 7.07. The number of nitrogens with zero attached hydrogens (tertiary/aromatic N) is 2. The Balaban J connectivity index is 0.000000172. The van der Waals surface area contributed by atoms with E-state index in [1.54, 1.807) is 12.4 Å². The molecule has 0 atom stereocenters. The molecule has 4 N–H and O–H groups in total. The number of para-hydroxylation sites is 2. The highest BCUT2D eigenvalue weighted by Gasteiger charge is 2.09. The SMILES string of the molecule is Nc1cc(C(=O)O)cc(C(=O)O)c1.c1ccc2nccnc2c1. The van der Waals surface area contributed by atoms with Gasteiger partial charge in [0.05, 0.1) is 22.2 Å². The van der Waals surface area contributed by atoms with Gasteiger partial charge in [-0.2, -0.15) is 0 Å². The molecule has 7 nitrogen and oxygen atoms in total. The van der Waals surface area contributed by atoms with Gasteiger partial charge in [0.2, 0.25) is 0 Å². The number of rotatable bonds is 2. The number of aromatic nitrogens is 2. The summed E-state index contributed by atoms with van der Waals surface area (Å²) in [6.45, 7) is 0. The standard InChI is InChI=1S/C8H6N2.C8H7NO4/c1-2-4-8-7(3-1)9-5-6-10-8;9-6-2-4(7(10)11)1-5(3-6)8(12)13/h1-6H;1-3H,9H2,(H,10,11)(H,12,13). The first-order valence-corrected chi connectivity index (χ1v) is 6.50. The minimum absolute atomic E-state index is 0.123. The third-order valence-electron chi connectivity index (χ3n) is 2.82. The Labute approximate surface area is 131 Å². The summed E-state index contributed by atoms with van der Waals surface area (Å²) in [5.74, 6) is -2.40. The van der Waals surface area contributed by atoms with E-state index in [9.17, 15) is 9.59 Å². The first kappa shape index (κ1) is 15.9. The highest BCUT2D eigenvalue weighted by Crippen LogP contribution is 2.12. The summed E-state index contributed by atoms with van der Waals surface area (Å²) in [4.78, 5) is 29.2. The summed E-state index contributed by atoms with van der Waals surface area (Å²) < 4.78 is 0. The molecule has 0 saturated heterocycles. The van der Waals surface area contributed by atoms with E-state index in [0.29, 0.717) is 0 Å². The van der Waals surface area contributed by atoms with Crippen molar-refractivity contribution in [3.63, 3.8) is 0 Å². The van der Waals surface area contributed by atoms with Gasteiger partial charge in [-0.05, 0) is 30.3 Å². The normalized spacial score (nSPS) is 9.74. The molecule has 2 aromatic carbocycles. The summed E-state index contributed by atoms with van der Waals surface area (Å²) in [6, 6.07) is 11.3. The monoisotopic (exact) mass is 311 g/mol. The molecule has 7 heteroatoms. The van der Waals surface area contributed by atoms with E-state index in [4.69, 9.17) is 15.9 Å². The number of benzene rings is 2. The lowest BCUT2D eigenvalue weighted by atomic mass is 10.1. The van der Waals surface area contributed by atoms with Crippen molar-refractivity contribution in [2.24, 2.45) is 0 Å². The van der Waals surface area contributed by atoms with Crippen LogP contribution in [0.1, 0.15) is 20.7 Å². The van der Waals surface area contributed by atoms with Crippen LogP contribution in [0.15, 0.2) is 54.9 Å². The second-order valence-corrected chi connectivity index (χ2v) is 4.50. The molecular formula is C16H13N3O4. The molecule has 0 radical (unpaired) electrons. The predicted octanol–water partition coefficient (Wildman–Crippen LogP) is 2.30. The van der Waals surface area contributed by atoms with Crippen LogP contribution in [0.2, 0.25) is 0 Å². The lowest BCUT2D eigenvalue weighted by Gasteiger charge is -1.99. The lowest BCUT2D eigenvalue weighted by molar-refractivity contribution is 0.0696. The third kappa shape index (κ3) is 4.24. The number of carboxylic acid groups (broad SMARTS) is 2. The fourth-order valence-corrected chi connectivity index (χ4v) is 1.81. The highest BCUT2D eigenvalue weighted by atomic mass is 16.4. The second kappa shape index (κ2) is 6.99. The van der Waals surface area contributed by atoms with E-state index in [1.807, 2.05) is 24.3 Å². The molecule has 0 spiro atoms. The van der Waals surface area contributed by atoms with Gasteiger partial charge in [-0.25, -0.2) is 9.59 Å². The van der Waals surface area contributed by atoms with E-state index in [-0.39, 0.29) is 16.8 Å². The summed E-state index contributed by atoms with van der Waals surface area (Å²) in [7, 11) is 0. The molecule has 1 heterocycles. The van der Waals surface area contributed by atoms with Gasteiger partial charge in [-0.15, -0.1) is 0 Å². The maximum Gasteiger partial charge on any atom is 0.335 e. The quantitative estimate of drug-likeness (QED) is 0.620. The molecule has 1 aromatic heterocycles. The fraction of sp³-hybridized carbons (Fsp3) is 0. The predicted molar refractivity (Wildman–Crippen MR) is 84.3 cm³/mol. The Kier molecular flexibility index (Phi) is 4.83. The van der Waals surface area contributed by atoms with Crippen LogP contribution >= 0.6 is 0 Å². The summed E-state index contributed by atoms with van der Waals surface area (Å²) >= 11 is 0. The van der Waals surface area contributed by atoms with Gasteiger partial charge < -0.3 is 15.9 Å². The maximum atomic E-state index is 10.5. The molecule has 3 aromatic rings. The van der Waals surface area contributed by atoms with E-state index in [1.165, 1.54) is 12.1 Å². The van der Waals surface area contributed by atoms with Crippen molar-refractivity contribution < 1.29 is 19.8 Å². The minimum atomic E-state index is -1.20. The number of fused-ring (bicyclic) bond motifs is 1. The van der Waals surface area contributed by atoms with E-state index in [0.717, 1.165) is 17.1 Å². The van der Waals surface area contributed by atoms with Crippen molar-refractivity contribution in [2.45, 2.75) is 0 Å². The van der Waals surface area contributed by atoms with Crippen LogP contribution in [-0.2, 0) is 0 Å². The highest BCUT2D eigenvalue weighted by molar-refractivity contribution is 5.95. The van der Waals surface area contributed by atoms with Gasteiger partial charge in [0.25, 0.3) is 0 Å². The number of nitrogen functional groups attached to an aromatic ring is 1. The molecule has 0 amide bonds. The topological polar surface area (TPSA) is 126 Å². The molecule has 0 bridgehead atoms. The van der Waals surface area contributed by atoms with Crippen LogP contribution in [0, 0.1) is 0 Å². The molecule has 116 valence electrons. The van der Waals surface area contributed by atoms with Gasteiger partial charge in [0, 0.05) is 18.1 Å². The van der Waals surface area contributed by atoms with Gasteiger partial charge >= 0.3 is 11.9 Å². The van der Waals surface area contributed by atoms with Gasteiger partial charge in [0.1, 0.15) is 0 Å². The van der Waals surface area contributed by atoms with E-state index in [2.05, 4.69) is 9.97 Å². The van der Waals surface area contributed by atoms with Crippen molar-refractivity contribution in [3.05, 3.63) is 66.0 Å². The molecule has 0 saturated carbocycles. The third-order valence-corrected chi connectivity index (χ3v) is 2.82. The average Bonchev–Trinajstić information content (AvgIpc) is 2.55. The Hall–Kier alpha value is -3.48. The van der Waals surface area contributed by atoms with Crippen LogP contribution in [0.3, 0.4) is 0 Å². The molecule has 0 aliphatic carbocycles. The molecule has 0 fully saturated rings. The zero-order valence-electron chi connectivity index (χ0n) is 11.9. The molecule has 0 aliphatic heterocycles. The molecule has 3 rings (SSSR count). The van der Waals surface area contributed by atoms with Gasteiger partial charge in [-0.1, -0.05) is 12.1 Å². The molecule has 23 heavy (non-hydrogen) atoms. The first-order chi connectivity index (χ1) is 11.0. The first-order valence-electron chi connectivity index (χ1n) is 6.50. The van der Waals surface area contributed by atoms with Crippen LogP contribution in [0.5, 0.6) is 0 Å². The number of anilines is 1. The zero-order valence-corrected chi connectivity index (χ0v) is 11.9. The molecular weight excluding hydrogens is 298 g/mol. The van der Waals surface area contributed by atoms with Gasteiger partial charge in [0.15, 0.2) is 0 Å². The second-order valence-electron chi connectivity index (χ2n) is 4.50. The maximum absolute atomic E-state index is 10.5. The number of carbonyl (C=O) groups is 2. The van der Waals surface area contributed by atoms with Crippen LogP contribution in [0.25, 0.3) is 11.0 Å². The van der Waals surface area contributed by atoms with Gasteiger partial charge in [-0.3, -0.25) is 9.97 Å². The Morgan fingerprint density at radius 2 is 1.26 bits per heavy atom. The summed E-state index contributed by atoms with van der Waals surface area (Å²) in [5, 5.41) is 17.1. The number of nitrogens with two attached hydrogens (primary N) is 1. The lowest BCUT2D eigenvalue weighted by Crippen LogP contribution is -2.03. The van der Waals surface area contributed by atoms with Crippen molar-refractivity contribution >= 4 is 28.7 Å². The van der Waals surface area contributed by atoms with Crippen molar-refractivity contribution in [2.75, 3.05) is 5.73 Å². The Morgan fingerprint density at radius 1 is 0.826 bits per heavy atom. The van der Waals surface area contributed by atoms with Crippen molar-refractivity contribution in [1.82, 2.24) is 9.97 Å². The summed E-state index contributed by atoms with van der Waals surface area (Å²) in [6.07, 6.45) is 3.39. The van der Waals surface area contributed by atoms with E-state index < -0.39 is 11.9 Å². The number of aromatic carboxylic acids is 2. The molecule has 0 unspecified atom stereocenters. The van der Waals surface area contributed by atoms with Crippen molar-refractivity contribution in [1.29, 1.82) is 0 Å². The minimum Gasteiger partial charge on any atom is -0.478 e. The van der Waals surface area contributed by atoms with E-state index >= 15 is 0 Å².